The zero-order valence-electron chi connectivity index (χ0n) is 10.1. The molecule has 0 aromatic heterocycles. The molecule has 3 heteroatoms. The normalized spacial score (nSPS) is 11.8. The quantitative estimate of drug-likeness (QED) is 0.812. The molecule has 0 atom stereocenters. The first kappa shape index (κ1) is 13.1. The zero-order valence-corrected chi connectivity index (χ0v) is 10.1. The monoisotopic (exact) mass is 227 g/mol. The maximum absolute atomic E-state index is 13.3. The van der Waals surface area contributed by atoms with Crippen molar-refractivity contribution in [1.29, 1.82) is 0 Å². The maximum atomic E-state index is 13.3. The summed E-state index contributed by atoms with van der Waals surface area (Å²) in [7, 11) is 0. The minimum atomic E-state index is -0.395. The van der Waals surface area contributed by atoms with E-state index in [-0.39, 0.29) is 11.2 Å². The van der Waals surface area contributed by atoms with Crippen molar-refractivity contribution in [2.45, 2.75) is 33.7 Å². The molecule has 1 aromatic carbocycles. The van der Waals surface area contributed by atoms with Crippen LogP contribution >= 0.6 is 0 Å². The lowest BCUT2D eigenvalue weighted by atomic mass is 9.90. The van der Waals surface area contributed by atoms with Gasteiger partial charge in [0.25, 0.3) is 0 Å². The molecule has 0 aliphatic carbocycles. The van der Waals surface area contributed by atoms with E-state index in [1.54, 1.807) is 0 Å². The molecule has 1 aromatic rings. The zero-order chi connectivity index (χ0) is 12.2. The fourth-order valence-electron chi connectivity index (χ4n) is 1.34. The largest absolute Gasteiger partial charge is 0.312 e. The maximum Gasteiger partial charge on any atom is 0.127 e. The van der Waals surface area contributed by atoms with Crippen molar-refractivity contribution in [1.82, 2.24) is 5.32 Å². The third-order valence-electron chi connectivity index (χ3n) is 2.88. The van der Waals surface area contributed by atoms with Gasteiger partial charge in [-0.05, 0) is 30.0 Å². The van der Waals surface area contributed by atoms with Crippen molar-refractivity contribution in [3.63, 3.8) is 0 Å². The topological polar surface area (TPSA) is 12.0 Å². The number of hydrogen-bond donors (Lipinski definition) is 1. The van der Waals surface area contributed by atoms with Crippen LogP contribution in [0.25, 0.3) is 0 Å². The lowest BCUT2D eigenvalue weighted by Gasteiger charge is -2.23. The molecular weight excluding hydrogens is 208 g/mol. The van der Waals surface area contributed by atoms with E-state index in [0.717, 1.165) is 25.1 Å². The van der Waals surface area contributed by atoms with Crippen molar-refractivity contribution in [2.75, 3.05) is 6.54 Å². The van der Waals surface area contributed by atoms with Crippen molar-refractivity contribution in [3.8, 4) is 0 Å². The van der Waals surface area contributed by atoms with Gasteiger partial charge in [0.15, 0.2) is 0 Å². The Bertz CT molecular complexity index is 348. The van der Waals surface area contributed by atoms with Crippen LogP contribution in [0.5, 0.6) is 0 Å². The Morgan fingerprint density at radius 1 is 1.25 bits per heavy atom. The van der Waals surface area contributed by atoms with Crippen LogP contribution in [0.15, 0.2) is 18.2 Å². The number of benzene rings is 1. The summed E-state index contributed by atoms with van der Waals surface area (Å²) in [6, 6.07) is 3.54. The molecule has 0 bridgehead atoms. The van der Waals surface area contributed by atoms with Gasteiger partial charge in [-0.15, -0.1) is 0 Å². The summed E-state index contributed by atoms with van der Waals surface area (Å²) in [5.41, 5.74) is 0.566. The van der Waals surface area contributed by atoms with E-state index in [1.807, 2.05) is 0 Å². The van der Waals surface area contributed by atoms with Gasteiger partial charge >= 0.3 is 0 Å². The molecule has 0 saturated carbocycles. The average Bonchev–Trinajstić information content (AvgIpc) is 2.23. The highest BCUT2D eigenvalue weighted by molar-refractivity contribution is 5.18. The van der Waals surface area contributed by atoms with Crippen molar-refractivity contribution in [2.24, 2.45) is 5.41 Å². The Kier molecular flexibility index (Phi) is 4.42. The first-order chi connectivity index (χ1) is 7.44. The molecule has 1 N–H and O–H groups in total. The molecule has 0 unspecified atom stereocenters. The highest BCUT2D eigenvalue weighted by Crippen LogP contribution is 2.18. The van der Waals surface area contributed by atoms with E-state index in [4.69, 9.17) is 0 Å². The van der Waals surface area contributed by atoms with Gasteiger partial charge in [-0.1, -0.05) is 20.8 Å². The van der Waals surface area contributed by atoms with E-state index >= 15 is 0 Å². The summed E-state index contributed by atoms with van der Waals surface area (Å²) in [6.45, 7) is 7.56. The summed E-state index contributed by atoms with van der Waals surface area (Å²) in [5, 5.41) is 3.15. The SMILES string of the molecule is CCC(C)(C)CNCc1cc(F)ccc1F. The smallest absolute Gasteiger partial charge is 0.127 e. The van der Waals surface area contributed by atoms with Crippen LogP contribution in [0.2, 0.25) is 0 Å². The highest BCUT2D eigenvalue weighted by Gasteiger charge is 2.14. The summed E-state index contributed by atoms with van der Waals surface area (Å²) in [4.78, 5) is 0. The molecular formula is C13H19F2N. The van der Waals surface area contributed by atoms with Crippen LogP contribution in [0, 0.1) is 17.0 Å². The van der Waals surface area contributed by atoms with Crippen LogP contribution in [0.3, 0.4) is 0 Å². The average molecular weight is 227 g/mol. The van der Waals surface area contributed by atoms with Gasteiger partial charge in [-0.25, -0.2) is 8.78 Å². The third kappa shape index (κ3) is 3.89. The Morgan fingerprint density at radius 3 is 2.56 bits per heavy atom. The lowest BCUT2D eigenvalue weighted by Crippen LogP contribution is -2.28. The molecule has 0 aliphatic heterocycles. The third-order valence-corrected chi connectivity index (χ3v) is 2.88. The fraction of sp³-hybridized carbons (Fsp3) is 0.538. The molecule has 0 radical (unpaired) electrons. The van der Waals surface area contributed by atoms with E-state index in [1.165, 1.54) is 6.07 Å². The van der Waals surface area contributed by atoms with Gasteiger partial charge < -0.3 is 5.32 Å². The number of hydrogen-bond acceptors (Lipinski definition) is 1. The lowest BCUT2D eigenvalue weighted by molar-refractivity contribution is 0.326. The Hall–Kier alpha value is -0.960. The van der Waals surface area contributed by atoms with E-state index < -0.39 is 5.82 Å². The van der Waals surface area contributed by atoms with Crippen molar-refractivity contribution >= 4 is 0 Å². The highest BCUT2D eigenvalue weighted by atomic mass is 19.1. The van der Waals surface area contributed by atoms with Crippen LogP contribution in [0.1, 0.15) is 32.8 Å². The van der Waals surface area contributed by atoms with Gasteiger partial charge in [-0.3, -0.25) is 0 Å². The van der Waals surface area contributed by atoms with Crippen molar-refractivity contribution < 1.29 is 8.78 Å². The molecule has 0 fully saturated rings. The van der Waals surface area contributed by atoms with Gasteiger partial charge in [0, 0.05) is 18.7 Å². The molecule has 1 nitrogen and oxygen atoms in total. The number of rotatable bonds is 5. The minimum absolute atomic E-state index is 0.184. The van der Waals surface area contributed by atoms with Gasteiger partial charge in [0.05, 0.1) is 0 Å². The van der Waals surface area contributed by atoms with Crippen molar-refractivity contribution in [3.05, 3.63) is 35.4 Å². The molecule has 0 spiro atoms. The first-order valence-corrected chi connectivity index (χ1v) is 5.59. The predicted molar refractivity (Wildman–Crippen MR) is 62.1 cm³/mol. The number of nitrogens with one attached hydrogen (secondary N) is 1. The molecule has 0 saturated heterocycles. The second-order valence-electron chi connectivity index (χ2n) is 4.86. The molecule has 16 heavy (non-hydrogen) atoms. The van der Waals surface area contributed by atoms with Crippen LogP contribution in [-0.4, -0.2) is 6.54 Å². The molecule has 0 aliphatic rings. The van der Waals surface area contributed by atoms with E-state index in [0.29, 0.717) is 12.1 Å². The Labute approximate surface area is 95.9 Å². The Balaban J connectivity index is 2.52. The van der Waals surface area contributed by atoms with Gasteiger partial charge in [0.2, 0.25) is 0 Å². The van der Waals surface area contributed by atoms with Crippen LogP contribution in [0.4, 0.5) is 8.78 Å². The minimum Gasteiger partial charge on any atom is -0.312 e. The fourth-order valence-corrected chi connectivity index (χ4v) is 1.34. The second-order valence-corrected chi connectivity index (χ2v) is 4.86. The summed E-state index contributed by atoms with van der Waals surface area (Å²) >= 11 is 0. The molecule has 0 amide bonds. The molecule has 90 valence electrons. The first-order valence-electron chi connectivity index (χ1n) is 5.59. The summed E-state index contributed by atoms with van der Waals surface area (Å²) in [5.74, 6) is -0.754. The summed E-state index contributed by atoms with van der Waals surface area (Å²) < 4.78 is 26.1. The van der Waals surface area contributed by atoms with Gasteiger partial charge in [-0.2, -0.15) is 0 Å². The van der Waals surface area contributed by atoms with E-state index in [2.05, 4.69) is 26.1 Å². The Morgan fingerprint density at radius 2 is 1.94 bits per heavy atom. The molecule has 0 heterocycles. The van der Waals surface area contributed by atoms with Crippen LogP contribution < -0.4 is 5.32 Å². The van der Waals surface area contributed by atoms with E-state index in [9.17, 15) is 8.78 Å². The predicted octanol–water partition coefficient (Wildman–Crippen LogP) is 3.49. The van der Waals surface area contributed by atoms with Crippen LogP contribution in [-0.2, 0) is 6.54 Å². The second kappa shape index (κ2) is 5.39. The standard InChI is InChI=1S/C13H19F2N/c1-4-13(2,3)9-16-8-10-7-11(14)5-6-12(10)15/h5-7,16H,4,8-9H2,1-3H3. The molecule has 1 rings (SSSR count). The summed E-state index contributed by atoms with van der Waals surface area (Å²) in [6.07, 6.45) is 1.05. The number of halogens is 2. The van der Waals surface area contributed by atoms with Gasteiger partial charge in [0.1, 0.15) is 11.6 Å².